The van der Waals surface area contributed by atoms with Crippen molar-refractivity contribution in [3.8, 4) is 22.6 Å². The third kappa shape index (κ3) is 6.28. The first-order chi connectivity index (χ1) is 18.4. The number of ether oxygens (including phenoxy) is 3. The molecule has 3 atom stereocenters. The number of amides is 3. The molecule has 2 saturated heterocycles. The lowest BCUT2D eigenvalue weighted by Gasteiger charge is -2.22. The SMILES string of the molecule is CC(COc1ccc(CC2SC(=O)NC2=O)cc1)N1CC(COc2ccc(-c3ccccc3)cc2)OC1=O. The summed E-state index contributed by atoms with van der Waals surface area (Å²) in [6.45, 7) is 2.90. The highest BCUT2D eigenvalue weighted by molar-refractivity contribution is 8.15. The predicted molar refractivity (Wildman–Crippen MR) is 144 cm³/mol. The van der Waals surface area contributed by atoms with E-state index < -0.39 is 5.25 Å². The van der Waals surface area contributed by atoms with Gasteiger partial charge in [0.15, 0.2) is 6.10 Å². The van der Waals surface area contributed by atoms with E-state index in [0.29, 0.717) is 25.3 Å². The van der Waals surface area contributed by atoms with Crippen LogP contribution < -0.4 is 14.8 Å². The van der Waals surface area contributed by atoms with Crippen molar-refractivity contribution in [3.63, 3.8) is 0 Å². The van der Waals surface area contributed by atoms with E-state index in [0.717, 1.165) is 34.2 Å². The number of nitrogens with one attached hydrogen (secondary N) is 1. The average molecular weight is 533 g/mol. The van der Waals surface area contributed by atoms with Gasteiger partial charge >= 0.3 is 6.09 Å². The van der Waals surface area contributed by atoms with Gasteiger partial charge in [0.1, 0.15) is 24.7 Å². The largest absolute Gasteiger partial charge is 0.491 e. The Hall–Kier alpha value is -3.98. The Kier molecular flexibility index (Phi) is 7.83. The normalized spacial score (nSPS) is 19.7. The van der Waals surface area contributed by atoms with E-state index in [1.807, 2.05) is 73.7 Å². The average Bonchev–Trinajstić information content (AvgIpc) is 3.47. The van der Waals surface area contributed by atoms with Crippen LogP contribution in [0.3, 0.4) is 0 Å². The Morgan fingerprint density at radius 2 is 1.58 bits per heavy atom. The van der Waals surface area contributed by atoms with Crippen molar-refractivity contribution >= 4 is 29.0 Å². The summed E-state index contributed by atoms with van der Waals surface area (Å²) in [6, 6.07) is 25.2. The van der Waals surface area contributed by atoms with Crippen LogP contribution in [0, 0.1) is 0 Å². The summed E-state index contributed by atoms with van der Waals surface area (Å²) in [5, 5.41) is 1.59. The molecule has 0 radical (unpaired) electrons. The van der Waals surface area contributed by atoms with Crippen LogP contribution in [-0.4, -0.2) is 59.3 Å². The molecule has 2 aliphatic heterocycles. The molecule has 9 heteroatoms. The summed E-state index contributed by atoms with van der Waals surface area (Å²) in [5.74, 6) is 1.13. The number of carbonyl (C=O) groups excluding carboxylic acids is 3. The van der Waals surface area contributed by atoms with Crippen molar-refractivity contribution in [2.45, 2.75) is 30.7 Å². The lowest BCUT2D eigenvalue weighted by Crippen LogP contribution is -2.38. The molecule has 0 spiro atoms. The fraction of sp³-hybridized carbons (Fsp3) is 0.276. The van der Waals surface area contributed by atoms with Gasteiger partial charge in [0.25, 0.3) is 5.24 Å². The number of carbonyl (C=O) groups is 3. The Labute approximate surface area is 225 Å². The van der Waals surface area contributed by atoms with Crippen molar-refractivity contribution in [1.29, 1.82) is 0 Å². The van der Waals surface area contributed by atoms with E-state index in [-0.39, 0.29) is 36.0 Å². The zero-order valence-corrected chi connectivity index (χ0v) is 21.7. The molecule has 196 valence electrons. The minimum absolute atomic E-state index is 0.193. The third-order valence-electron chi connectivity index (χ3n) is 6.43. The summed E-state index contributed by atoms with van der Waals surface area (Å²) in [6.07, 6.45) is -0.277. The second kappa shape index (κ2) is 11.6. The molecular weight excluding hydrogens is 504 g/mol. The molecule has 2 heterocycles. The number of hydrogen-bond acceptors (Lipinski definition) is 7. The first-order valence-corrected chi connectivity index (χ1v) is 13.3. The Morgan fingerprint density at radius 3 is 2.26 bits per heavy atom. The van der Waals surface area contributed by atoms with Gasteiger partial charge in [0.05, 0.1) is 17.8 Å². The van der Waals surface area contributed by atoms with E-state index in [4.69, 9.17) is 14.2 Å². The van der Waals surface area contributed by atoms with Crippen molar-refractivity contribution < 1.29 is 28.6 Å². The molecule has 8 nitrogen and oxygen atoms in total. The monoisotopic (exact) mass is 532 g/mol. The third-order valence-corrected chi connectivity index (χ3v) is 7.42. The second-order valence-electron chi connectivity index (χ2n) is 9.25. The highest BCUT2D eigenvalue weighted by Crippen LogP contribution is 2.25. The van der Waals surface area contributed by atoms with Gasteiger partial charge in [-0.05, 0) is 54.3 Å². The van der Waals surface area contributed by atoms with Gasteiger partial charge in [-0.3, -0.25) is 19.8 Å². The fourth-order valence-electron chi connectivity index (χ4n) is 4.32. The molecular formula is C29H28N2O6S. The second-order valence-corrected chi connectivity index (χ2v) is 10.4. The molecule has 3 amide bonds. The van der Waals surface area contributed by atoms with Crippen LogP contribution in [0.5, 0.6) is 11.5 Å². The van der Waals surface area contributed by atoms with Crippen molar-refractivity contribution in [1.82, 2.24) is 10.2 Å². The van der Waals surface area contributed by atoms with Gasteiger partial charge in [-0.25, -0.2) is 4.79 Å². The molecule has 0 aromatic heterocycles. The number of thioether (sulfide) groups is 1. The molecule has 2 fully saturated rings. The van der Waals surface area contributed by atoms with Crippen LogP contribution in [0.4, 0.5) is 9.59 Å². The van der Waals surface area contributed by atoms with Crippen LogP contribution in [0.2, 0.25) is 0 Å². The summed E-state index contributed by atoms with van der Waals surface area (Å²) >= 11 is 1.01. The molecule has 0 bridgehead atoms. The summed E-state index contributed by atoms with van der Waals surface area (Å²) in [4.78, 5) is 37.2. The topological polar surface area (TPSA) is 94.2 Å². The van der Waals surface area contributed by atoms with Gasteiger partial charge in [0, 0.05) is 0 Å². The van der Waals surface area contributed by atoms with Gasteiger partial charge in [-0.1, -0.05) is 66.4 Å². The molecule has 1 N–H and O–H groups in total. The van der Waals surface area contributed by atoms with E-state index in [9.17, 15) is 14.4 Å². The smallest absolute Gasteiger partial charge is 0.410 e. The van der Waals surface area contributed by atoms with Crippen molar-refractivity contribution in [2.24, 2.45) is 0 Å². The highest BCUT2D eigenvalue weighted by Gasteiger charge is 2.35. The van der Waals surface area contributed by atoms with E-state index >= 15 is 0 Å². The van der Waals surface area contributed by atoms with Crippen molar-refractivity contribution in [2.75, 3.05) is 19.8 Å². The molecule has 5 rings (SSSR count). The Bertz CT molecular complexity index is 1280. The van der Waals surface area contributed by atoms with Gasteiger partial charge < -0.3 is 14.2 Å². The molecule has 3 unspecified atom stereocenters. The Balaban J connectivity index is 1.06. The van der Waals surface area contributed by atoms with E-state index in [1.165, 1.54) is 0 Å². The minimum Gasteiger partial charge on any atom is -0.491 e. The fourth-order valence-corrected chi connectivity index (χ4v) is 5.18. The lowest BCUT2D eigenvalue weighted by molar-refractivity contribution is -0.118. The number of benzene rings is 3. The molecule has 2 aliphatic rings. The van der Waals surface area contributed by atoms with E-state index in [2.05, 4.69) is 17.4 Å². The van der Waals surface area contributed by atoms with Gasteiger partial charge in [0.2, 0.25) is 5.91 Å². The number of cyclic esters (lactones) is 1. The number of nitrogens with zero attached hydrogens (tertiary/aromatic N) is 1. The van der Waals surface area contributed by atoms with Crippen LogP contribution in [0.1, 0.15) is 12.5 Å². The molecule has 0 saturated carbocycles. The lowest BCUT2D eigenvalue weighted by atomic mass is 10.1. The first-order valence-electron chi connectivity index (χ1n) is 12.4. The quantitative estimate of drug-likeness (QED) is 0.396. The standard InChI is InChI=1S/C29H28N2O6S/c1-19(17-35-23-11-7-20(8-12-23)15-26-27(32)30-28(33)38-26)31-16-25(37-29(31)34)18-36-24-13-9-22(10-14-24)21-5-3-2-4-6-21/h2-14,19,25-26H,15-18H2,1H3,(H,30,32,33). The summed E-state index contributed by atoms with van der Waals surface area (Å²) in [5.41, 5.74) is 3.19. The zero-order chi connectivity index (χ0) is 26.5. The van der Waals surface area contributed by atoms with Crippen LogP contribution in [-0.2, 0) is 16.0 Å². The maximum absolute atomic E-state index is 12.4. The van der Waals surface area contributed by atoms with Crippen LogP contribution in [0.15, 0.2) is 78.9 Å². The molecule has 3 aromatic rings. The maximum atomic E-state index is 12.4. The van der Waals surface area contributed by atoms with Gasteiger partial charge in [-0.15, -0.1) is 0 Å². The van der Waals surface area contributed by atoms with Crippen LogP contribution in [0.25, 0.3) is 11.1 Å². The highest BCUT2D eigenvalue weighted by atomic mass is 32.2. The molecule has 38 heavy (non-hydrogen) atoms. The number of rotatable bonds is 10. The molecule has 3 aromatic carbocycles. The summed E-state index contributed by atoms with van der Waals surface area (Å²) in [7, 11) is 0. The number of hydrogen-bond donors (Lipinski definition) is 1. The maximum Gasteiger partial charge on any atom is 0.410 e. The van der Waals surface area contributed by atoms with Gasteiger partial charge in [-0.2, -0.15) is 0 Å². The summed E-state index contributed by atoms with van der Waals surface area (Å²) < 4.78 is 17.3. The van der Waals surface area contributed by atoms with Crippen LogP contribution >= 0.6 is 11.8 Å². The Morgan fingerprint density at radius 1 is 0.921 bits per heavy atom. The zero-order valence-electron chi connectivity index (χ0n) is 20.9. The van der Waals surface area contributed by atoms with Crippen molar-refractivity contribution in [3.05, 3.63) is 84.4 Å². The van der Waals surface area contributed by atoms with E-state index in [1.54, 1.807) is 4.90 Å². The predicted octanol–water partition coefficient (Wildman–Crippen LogP) is 4.91. The first kappa shape index (κ1) is 25.7. The number of imide groups is 1. The minimum atomic E-state index is -0.402. The molecule has 0 aliphatic carbocycles.